The summed E-state index contributed by atoms with van der Waals surface area (Å²) >= 11 is 0. The summed E-state index contributed by atoms with van der Waals surface area (Å²) in [5.41, 5.74) is 4.60. The Morgan fingerprint density at radius 1 is 1.03 bits per heavy atom. The maximum absolute atomic E-state index is 12.2. The van der Waals surface area contributed by atoms with Gasteiger partial charge in [0.05, 0.1) is 11.4 Å². The second-order valence-corrected chi connectivity index (χ2v) is 7.61. The van der Waals surface area contributed by atoms with Crippen LogP contribution in [0, 0.1) is 6.92 Å². The lowest BCUT2D eigenvalue weighted by Gasteiger charge is -2.14. The van der Waals surface area contributed by atoms with Gasteiger partial charge in [0.2, 0.25) is 0 Å². The third kappa shape index (κ3) is 5.09. The molecule has 31 heavy (non-hydrogen) atoms. The van der Waals surface area contributed by atoms with Crippen molar-refractivity contribution in [1.29, 1.82) is 0 Å². The van der Waals surface area contributed by atoms with Crippen LogP contribution in [0.1, 0.15) is 24.0 Å². The molecule has 0 atom stereocenters. The van der Waals surface area contributed by atoms with Crippen LogP contribution in [0.4, 0.5) is 0 Å². The van der Waals surface area contributed by atoms with Crippen LogP contribution in [0.5, 0.6) is 0 Å². The number of likely N-dealkylation sites (tertiary alicyclic amines) is 1. The van der Waals surface area contributed by atoms with Crippen LogP contribution in [0.3, 0.4) is 0 Å². The molecule has 2 heterocycles. The van der Waals surface area contributed by atoms with Crippen molar-refractivity contribution < 1.29 is 14.3 Å². The number of carbonyl (C=O) groups is 2. The Morgan fingerprint density at radius 3 is 2.45 bits per heavy atom. The Kier molecular flexibility index (Phi) is 6.26. The predicted molar refractivity (Wildman–Crippen MR) is 120 cm³/mol. The highest BCUT2D eigenvalue weighted by Gasteiger charge is 2.18. The van der Waals surface area contributed by atoms with Gasteiger partial charge in [-0.1, -0.05) is 48.0 Å². The Hall–Kier alpha value is -3.67. The average Bonchev–Trinajstić information content (AvgIpc) is 3.48. The SMILES string of the molecule is Cc1ccc(-c2nn(-c3ccccc3)cc2/C=C/C(=O)OCC(=O)N2CCCC2)cc1. The number of para-hydroxylation sites is 1. The lowest BCUT2D eigenvalue weighted by molar-refractivity contribution is -0.147. The largest absolute Gasteiger partial charge is 0.452 e. The highest BCUT2D eigenvalue weighted by molar-refractivity contribution is 5.90. The lowest BCUT2D eigenvalue weighted by atomic mass is 10.1. The van der Waals surface area contributed by atoms with Gasteiger partial charge in [-0.25, -0.2) is 9.48 Å². The average molecular weight is 415 g/mol. The van der Waals surface area contributed by atoms with E-state index < -0.39 is 5.97 Å². The summed E-state index contributed by atoms with van der Waals surface area (Å²) < 4.78 is 6.94. The number of esters is 1. The second kappa shape index (κ2) is 9.43. The zero-order chi connectivity index (χ0) is 21.6. The summed E-state index contributed by atoms with van der Waals surface area (Å²) in [5.74, 6) is -0.689. The first-order valence-corrected chi connectivity index (χ1v) is 10.4. The summed E-state index contributed by atoms with van der Waals surface area (Å²) in [4.78, 5) is 26.0. The minimum absolute atomic E-state index is 0.142. The van der Waals surface area contributed by atoms with Crippen molar-refractivity contribution >= 4 is 18.0 Å². The van der Waals surface area contributed by atoms with E-state index in [9.17, 15) is 9.59 Å². The Balaban J connectivity index is 1.53. The number of hydrogen-bond donors (Lipinski definition) is 0. The number of hydrogen-bond acceptors (Lipinski definition) is 4. The molecule has 4 rings (SSSR count). The first kappa shape index (κ1) is 20.6. The van der Waals surface area contributed by atoms with Gasteiger partial charge in [0, 0.05) is 36.5 Å². The van der Waals surface area contributed by atoms with Gasteiger partial charge in [0.25, 0.3) is 5.91 Å². The van der Waals surface area contributed by atoms with Crippen LogP contribution in [0.15, 0.2) is 66.9 Å². The molecule has 3 aromatic rings. The van der Waals surface area contributed by atoms with E-state index in [0.717, 1.165) is 54.0 Å². The second-order valence-electron chi connectivity index (χ2n) is 7.61. The van der Waals surface area contributed by atoms with E-state index in [1.54, 1.807) is 15.7 Å². The molecule has 1 aliphatic rings. The molecule has 6 nitrogen and oxygen atoms in total. The first-order chi connectivity index (χ1) is 15.1. The minimum Gasteiger partial charge on any atom is -0.452 e. The number of aromatic nitrogens is 2. The molecule has 0 saturated carbocycles. The monoisotopic (exact) mass is 415 g/mol. The van der Waals surface area contributed by atoms with Crippen LogP contribution in [-0.2, 0) is 14.3 Å². The quantitative estimate of drug-likeness (QED) is 0.450. The van der Waals surface area contributed by atoms with Crippen LogP contribution < -0.4 is 0 Å². The zero-order valence-electron chi connectivity index (χ0n) is 17.5. The number of amides is 1. The minimum atomic E-state index is -0.546. The van der Waals surface area contributed by atoms with Crippen LogP contribution >= 0.6 is 0 Å². The Morgan fingerprint density at radius 2 is 1.74 bits per heavy atom. The van der Waals surface area contributed by atoms with Gasteiger partial charge in [-0.2, -0.15) is 5.10 Å². The molecular weight excluding hydrogens is 390 g/mol. The first-order valence-electron chi connectivity index (χ1n) is 10.4. The summed E-state index contributed by atoms with van der Waals surface area (Å²) in [7, 11) is 0. The van der Waals surface area contributed by atoms with Crippen LogP contribution in [0.25, 0.3) is 23.0 Å². The number of rotatable bonds is 6. The number of benzene rings is 2. The summed E-state index contributed by atoms with van der Waals surface area (Å²) in [6.45, 7) is 3.29. The van der Waals surface area contributed by atoms with Gasteiger partial charge in [0.1, 0.15) is 0 Å². The molecule has 2 aromatic carbocycles. The number of aryl methyl sites for hydroxylation is 1. The lowest BCUT2D eigenvalue weighted by Crippen LogP contribution is -2.31. The highest BCUT2D eigenvalue weighted by Crippen LogP contribution is 2.25. The summed E-state index contributed by atoms with van der Waals surface area (Å²) in [5, 5.41) is 4.74. The highest BCUT2D eigenvalue weighted by atomic mass is 16.5. The topological polar surface area (TPSA) is 64.4 Å². The summed E-state index contributed by atoms with van der Waals surface area (Å²) in [6.07, 6.45) is 6.93. The van der Waals surface area contributed by atoms with Gasteiger partial charge in [-0.15, -0.1) is 0 Å². The summed E-state index contributed by atoms with van der Waals surface area (Å²) in [6, 6.07) is 17.9. The normalized spacial score (nSPS) is 13.6. The Labute approximate surface area is 181 Å². The van der Waals surface area contributed by atoms with E-state index in [-0.39, 0.29) is 12.5 Å². The maximum atomic E-state index is 12.2. The van der Waals surface area contributed by atoms with Crippen molar-refractivity contribution in [3.05, 3.63) is 78.0 Å². The molecule has 1 aromatic heterocycles. The fourth-order valence-corrected chi connectivity index (χ4v) is 3.55. The molecule has 0 N–H and O–H groups in total. The third-order valence-corrected chi connectivity index (χ3v) is 5.28. The fourth-order valence-electron chi connectivity index (χ4n) is 3.55. The van der Waals surface area contributed by atoms with Gasteiger partial charge in [-0.05, 0) is 38.0 Å². The molecule has 0 bridgehead atoms. The van der Waals surface area contributed by atoms with Crippen LogP contribution in [-0.4, -0.2) is 46.3 Å². The van der Waals surface area contributed by atoms with E-state index in [4.69, 9.17) is 9.84 Å². The van der Waals surface area contributed by atoms with Crippen molar-refractivity contribution in [3.8, 4) is 16.9 Å². The number of ether oxygens (including phenoxy) is 1. The van der Waals surface area contributed by atoms with Crippen molar-refractivity contribution in [2.45, 2.75) is 19.8 Å². The molecule has 0 unspecified atom stereocenters. The van der Waals surface area contributed by atoms with Gasteiger partial charge in [-0.3, -0.25) is 4.79 Å². The number of nitrogens with zero attached hydrogens (tertiary/aromatic N) is 3. The van der Waals surface area contributed by atoms with Crippen molar-refractivity contribution in [2.24, 2.45) is 0 Å². The van der Waals surface area contributed by atoms with Gasteiger partial charge in [0.15, 0.2) is 6.61 Å². The maximum Gasteiger partial charge on any atom is 0.331 e. The van der Waals surface area contributed by atoms with Gasteiger partial charge < -0.3 is 9.64 Å². The predicted octanol–water partition coefficient (Wildman–Crippen LogP) is 4.03. The van der Waals surface area contributed by atoms with Crippen molar-refractivity contribution in [2.75, 3.05) is 19.7 Å². The van der Waals surface area contributed by atoms with E-state index in [0.29, 0.717) is 0 Å². The standard InChI is InChI=1S/C25H25N3O3/c1-19-9-11-20(12-10-19)25-21(17-28(26-25)22-7-3-2-4-8-22)13-14-24(30)31-18-23(29)27-15-5-6-16-27/h2-4,7-14,17H,5-6,15-16,18H2,1H3/b14-13+. The molecule has 0 aliphatic carbocycles. The van der Waals surface area contributed by atoms with E-state index in [2.05, 4.69) is 0 Å². The zero-order valence-corrected chi connectivity index (χ0v) is 17.5. The number of carbonyl (C=O) groups excluding carboxylic acids is 2. The molecule has 0 radical (unpaired) electrons. The molecular formula is C25H25N3O3. The van der Waals surface area contributed by atoms with Crippen LogP contribution in [0.2, 0.25) is 0 Å². The molecule has 1 amide bonds. The molecule has 158 valence electrons. The van der Waals surface area contributed by atoms with Gasteiger partial charge >= 0.3 is 5.97 Å². The Bertz CT molecular complexity index is 1080. The van der Waals surface area contributed by atoms with E-state index in [1.165, 1.54) is 6.08 Å². The van der Waals surface area contributed by atoms with E-state index >= 15 is 0 Å². The van der Waals surface area contributed by atoms with Crippen molar-refractivity contribution in [3.63, 3.8) is 0 Å². The molecule has 1 aliphatic heterocycles. The third-order valence-electron chi connectivity index (χ3n) is 5.28. The molecule has 1 saturated heterocycles. The molecule has 1 fully saturated rings. The fraction of sp³-hybridized carbons (Fsp3) is 0.240. The smallest absolute Gasteiger partial charge is 0.331 e. The van der Waals surface area contributed by atoms with Crippen molar-refractivity contribution in [1.82, 2.24) is 14.7 Å². The molecule has 6 heteroatoms. The molecule has 0 spiro atoms. The van der Waals surface area contributed by atoms with E-state index in [1.807, 2.05) is 67.7 Å².